The molecule has 0 spiro atoms. The van der Waals surface area contributed by atoms with E-state index in [2.05, 4.69) is 20.4 Å². The Hall–Kier alpha value is -2.37. The van der Waals surface area contributed by atoms with Gasteiger partial charge in [-0.3, -0.25) is 4.68 Å². The average Bonchev–Trinajstić information content (AvgIpc) is 2.98. The Balaban J connectivity index is 1.93. The molecule has 3 heterocycles. The van der Waals surface area contributed by atoms with Gasteiger partial charge in [-0.25, -0.2) is 9.97 Å². The smallest absolute Gasteiger partial charge is 0.163 e. The summed E-state index contributed by atoms with van der Waals surface area (Å²) < 4.78 is 7.33. The normalized spacial score (nSPS) is 12.8. The first kappa shape index (κ1) is 11.7. The molecule has 6 nitrogen and oxygen atoms in total. The summed E-state index contributed by atoms with van der Waals surface area (Å²) in [6.45, 7) is 3.96. The molecule has 0 fully saturated rings. The zero-order valence-electron chi connectivity index (χ0n) is 11.1. The second-order valence-electron chi connectivity index (χ2n) is 4.54. The van der Waals surface area contributed by atoms with Gasteiger partial charge < -0.3 is 9.73 Å². The van der Waals surface area contributed by atoms with Crippen molar-refractivity contribution in [1.82, 2.24) is 19.7 Å². The molecule has 6 heteroatoms. The van der Waals surface area contributed by atoms with Gasteiger partial charge in [-0.1, -0.05) is 0 Å². The molecule has 0 amide bonds. The molecule has 3 rings (SSSR count). The fourth-order valence-corrected chi connectivity index (χ4v) is 2.04. The van der Waals surface area contributed by atoms with E-state index in [1.54, 1.807) is 10.9 Å². The number of furan rings is 1. The van der Waals surface area contributed by atoms with Crippen LogP contribution in [0.1, 0.15) is 24.5 Å². The Bertz CT molecular complexity index is 715. The summed E-state index contributed by atoms with van der Waals surface area (Å²) in [7, 11) is 1.86. The van der Waals surface area contributed by atoms with Crippen LogP contribution < -0.4 is 5.32 Å². The molecule has 0 saturated carbocycles. The highest BCUT2D eigenvalue weighted by atomic mass is 16.3. The number of aromatic nitrogens is 4. The summed E-state index contributed by atoms with van der Waals surface area (Å²) in [6, 6.07) is 3.95. The molecule has 0 bridgehead atoms. The van der Waals surface area contributed by atoms with Gasteiger partial charge in [0, 0.05) is 7.05 Å². The van der Waals surface area contributed by atoms with Crippen molar-refractivity contribution in [3.8, 4) is 0 Å². The number of nitrogens with one attached hydrogen (secondary N) is 1. The van der Waals surface area contributed by atoms with Crippen LogP contribution >= 0.6 is 0 Å². The van der Waals surface area contributed by atoms with Crippen molar-refractivity contribution < 1.29 is 4.42 Å². The molecule has 0 aromatic carbocycles. The van der Waals surface area contributed by atoms with Gasteiger partial charge in [-0.05, 0) is 26.0 Å². The average molecular weight is 257 g/mol. The van der Waals surface area contributed by atoms with E-state index in [9.17, 15) is 0 Å². The van der Waals surface area contributed by atoms with E-state index in [1.165, 1.54) is 6.33 Å². The lowest BCUT2D eigenvalue weighted by molar-refractivity contribution is 0.466. The van der Waals surface area contributed by atoms with Crippen LogP contribution in [-0.4, -0.2) is 19.7 Å². The molecular weight excluding hydrogens is 242 g/mol. The van der Waals surface area contributed by atoms with Crippen molar-refractivity contribution in [1.29, 1.82) is 0 Å². The quantitative estimate of drug-likeness (QED) is 0.780. The molecule has 0 aliphatic carbocycles. The van der Waals surface area contributed by atoms with Crippen LogP contribution in [0.4, 0.5) is 5.82 Å². The summed E-state index contributed by atoms with van der Waals surface area (Å²) >= 11 is 0. The van der Waals surface area contributed by atoms with Crippen molar-refractivity contribution in [2.24, 2.45) is 7.05 Å². The fourth-order valence-electron chi connectivity index (χ4n) is 2.04. The van der Waals surface area contributed by atoms with Crippen LogP contribution in [-0.2, 0) is 7.05 Å². The van der Waals surface area contributed by atoms with Crippen LogP contribution in [0.2, 0.25) is 0 Å². The van der Waals surface area contributed by atoms with Crippen LogP contribution in [0.25, 0.3) is 11.0 Å². The largest absolute Gasteiger partial charge is 0.464 e. The Kier molecular flexibility index (Phi) is 2.70. The minimum atomic E-state index is 0.0343. The van der Waals surface area contributed by atoms with E-state index >= 15 is 0 Å². The minimum absolute atomic E-state index is 0.0343. The third kappa shape index (κ3) is 2.05. The summed E-state index contributed by atoms with van der Waals surface area (Å²) in [5.74, 6) is 2.55. The number of anilines is 1. The van der Waals surface area contributed by atoms with Gasteiger partial charge in [0.2, 0.25) is 0 Å². The number of rotatable bonds is 3. The molecule has 1 atom stereocenters. The third-order valence-electron chi connectivity index (χ3n) is 3.07. The van der Waals surface area contributed by atoms with E-state index in [0.29, 0.717) is 0 Å². The third-order valence-corrected chi connectivity index (χ3v) is 3.07. The molecule has 0 aliphatic rings. The Morgan fingerprint density at radius 2 is 2.16 bits per heavy atom. The number of nitrogens with zero attached hydrogens (tertiary/aromatic N) is 4. The molecular formula is C13H15N5O. The maximum atomic E-state index is 5.61. The molecule has 3 aromatic heterocycles. The van der Waals surface area contributed by atoms with E-state index in [4.69, 9.17) is 4.42 Å². The topological polar surface area (TPSA) is 68.8 Å². The van der Waals surface area contributed by atoms with Gasteiger partial charge in [-0.2, -0.15) is 5.10 Å². The summed E-state index contributed by atoms with van der Waals surface area (Å²) in [6.07, 6.45) is 3.30. The number of hydrogen-bond acceptors (Lipinski definition) is 5. The predicted molar refractivity (Wildman–Crippen MR) is 71.8 cm³/mol. The van der Waals surface area contributed by atoms with E-state index in [1.807, 2.05) is 33.0 Å². The highest BCUT2D eigenvalue weighted by molar-refractivity contribution is 5.86. The lowest BCUT2D eigenvalue weighted by Gasteiger charge is -2.12. The van der Waals surface area contributed by atoms with E-state index in [-0.39, 0.29) is 6.04 Å². The second kappa shape index (κ2) is 4.38. The maximum absolute atomic E-state index is 5.61. The monoisotopic (exact) mass is 257 g/mol. The van der Waals surface area contributed by atoms with Gasteiger partial charge >= 0.3 is 0 Å². The van der Waals surface area contributed by atoms with Crippen molar-refractivity contribution in [2.45, 2.75) is 19.9 Å². The minimum Gasteiger partial charge on any atom is -0.464 e. The van der Waals surface area contributed by atoms with Gasteiger partial charge in [0.15, 0.2) is 5.65 Å². The SMILES string of the molecule is Cc1ccc(C(C)Nc2ncnc3c2cnn3C)o1. The van der Waals surface area contributed by atoms with Gasteiger partial charge in [0.05, 0.1) is 17.6 Å². The molecule has 0 aliphatic heterocycles. The van der Waals surface area contributed by atoms with E-state index in [0.717, 1.165) is 28.4 Å². The summed E-state index contributed by atoms with van der Waals surface area (Å²) in [5.41, 5.74) is 0.806. The number of fused-ring (bicyclic) bond motifs is 1. The first-order chi connectivity index (χ1) is 9.15. The Labute approximate surface area is 110 Å². The molecule has 98 valence electrons. The van der Waals surface area contributed by atoms with Crippen molar-refractivity contribution in [3.63, 3.8) is 0 Å². The summed E-state index contributed by atoms with van der Waals surface area (Å²) in [4.78, 5) is 8.49. The van der Waals surface area contributed by atoms with Crippen LogP contribution in [0.5, 0.6) is 0 Å². The molecule has 0 radical (unpaired) electrons. The van der Waals surface area contributed by atoms with Gasteiger partial charge in [0.1, 0.15) is 23.7 Å². The zero-order chi connectivity index (χ0) is 13.4. The first-order valence-electron chi connectivity index (χ1n) is 6.10. The molecule has 0 saturated heterocycles. The van der Waals surface area contributed by atoms with Crippen molar-refractivity contribution in [2.75, 3.05) is 5.32 Å². The van der Waals surface area contributed by atoms with Crippen LogP contribution in [0, 0.1) is 6.92 Å². The van der Waals surface area contributed by atoms with Gasteiger partial charge in [0.25, 0.3) is 0 Å². The lowest BCUT2D eigenvalue weighted by Crippen LogP contribution is -2.07. The second-order valence-corrected chi connectivity index (χ2v) is 4.54. The van der Waals surface area contributed by atoms with Crippen molar-refractivity contribution in [3.05, 3.63) is 36.2 Å². The molecule has 19 heavy (non-hydrogen) atoms. The predicted octanol–water partition coefficient (Wildman–Crippen LogP) is 2.44. The highest BCUT2D eigenvalue weighted by Crippen LogP contribution is 2.24. The standard InChI is InChI=1S/C13H15N5O/c1-8-4-5-11(19-8)9(2)17-12-10-6-16-18(3)13(10)15-7-14-12/h4-7,9H,1-3H3,(H,14,15,17). The van der Waals surface area contributed by atoms with Crippen LogP contribution in [0.3, 0.4) is 0 Å². The lowest BCUT2D eigenvalue weighted by atomic mass is 10.2. The fraction of sp³-hybridized carbons (Fsp3) is 0.308. The number of aryl methyl sites for hydroxylation is 2. The van der Waals surface area contributed by atoms with Crippen LogP contribution in [0.15, 0.2) is 29.1 Å². The zero-order valence-corrected chi connectivity index (χ0v) is 11.1. The summed E-state index contributed by atoms with van der Waals surface area (Å²) in [5, 5.41) is 8.42. The maximum Gasteiger partial charge on any atom is 0.163 e. The van der Waals surface area contributed by atoms with Crippen molar-refractivity contribution >= 4 is 16.9 Å². The molecule has 1 unspecified atom stereocenters. The Morgan fingerprint density at radius 3 is 2.89 bits per heavy atom. The van der Waals surface area contributed by atoms with Gasteiger partial charge in [-0.15, -0.1) is 0 Å². The first-order valence-corrected chi connectivity index (χ1v) is 6.10. The number of hydrogen-bond donors (Lipinski definition) is 1. The Morgan fingerprint density at radius 1 is 1.32 bits per heavy atom. The van der Waals surface area contributed by atoms with E-state index < -0.39 is 0 Å². The molecule has 3 aromatic rings. The highest BCUT2D eigenvalue weighted by Gasteiger charge is 2.13. The molecule has 1 N–H and O–H groups in total.